The molecule has 3 aliphatic rings. The Morgan fingerprint density at radius 2 is 2.00 bits per heavy atom. The SMILES string of the molecule is C#CCOC1CCN2C(=O)C3C(NC(=O)c4cccs4)CCN3C(=O)C12. The summed E-state index contributed by atoms with van der Waals surface area (Å²) in [6.45, 7) is 1.05. The number of hydrogen-bond donors (Lipinski definition) is 1. The molecular formula is C18H19N3O4S. The van der Waals surface area contributed by atoms with Gasteiger partial charge in [-0.1, -0.05) is 12.0 Å². The van der Waals surface area contributed by atoms with E-state index in [1.165, 1.54) is 11.3 Å². The maximum absolute atomic E-state index is 13.0. The summed E-state index contributed by atoms with van der Waals surface area (Å²) in [6, 6.07) is 1.95. The third kappa shape index (κ3) is 2.68. The van der Waals surface area contributed by atoms with Crippen LogP contribution >= 0.6 is 11.3 Å². The summed E-state index contributed by atoms with van der Waals surface area (Å²) in [4.78, 5) is 42.1. The average molecular weight is 373 g/mol. The predicted octanol–water partition coefficient (Wildman–Crippen LogP) is 0.0803. The molecule has 1 N–H and O–H groups in total. The highest BCUT2D eigenvalue weighted by Crippen LogP contribution is 2.33. The number of rotatable bonds is 4. The zero-order valence-electron chi connectivity index (χ0n) is 14.1. The van der Waals surface area contributed by atoms with Gasteiger partial charge in [0, 0.05) is 13.1 Å². The summed E-state index contributed by atoms with van der Waals surface area (Å²) in [7, 11) is 0. The lowest BCUT2D eigenvalue weighted by Gasteiger charge is -2.41. The largest absolute Gasteiger partial charge is 0.363 e. The monoisotopic (exact) mass is 373 g/mol. The lowest BCUT2D eigenvalue weighted by atomic mass is 10.0. The quantitative estimate of drug-likeness (QED) is 0.759. The number of carbonyl (C=O) groups is 3. The molecule has 3 fully saturated rings. The van der Waals surface area contributed by atoms with Gasteiger partial charge < -0.3 is 19.9 Å². The molecule has 0 saturated carbocycles. The van der Waals surface area contributed by atoms with Crippen LogP contribution in [0.5, 0.6) is 0 Å². The summed E-state index contributed by atoms with van der Waals surface area (Å²) in [6.07, 6.45) is 6.04. The molecule has 136 valence electrons. The molecule has 1 aromatic rings. The zero-order valence-corrected chi connectivity index (χ0v) is 14.9. The van der Waals surface area contributed by atoms with E-state index in [1.807, 2.05) is 5.38 Å². The van der Waals surface area contributed by atoms with Crippen molar-refractivity contribution in [2.24, 2.45) is 0 Å². The number of ether oxygens (including phenoxy) is 1. The van der Waals surface area contributed by atoms with E-state index in [-0.39, 0.29) is 36.5 Å². The van der Waals surface area contributed by atoms with Gasteiger partial charge in [-0.15, -0.1) is 17.8 Å². The third-order valence-corrected chi connectivity index (χ3v) is 6.12. The number of terminal acetylenes is 1. The van der Waals surface area contributed by atoms with Crippen molar-refractivity contribution in [1.82, 2.24) is 15.1 Å². The normalized spacial score (nSPS) is 30.1. The zero-order chi connectivity index (χ0) is 18.3. The van der Waals surface area contributed by atoms with E-state index in [0.29, 0.717) is 30.8 Å². The fourth-order valence-electron chi connectivity index (χ4n) is 4.12. The van der Waals surface area contributed by atoms with Crippen molar-refractivity contribution in [3.63, 3.8) is 0 Å². The highest BCUT2D eigenvalue weighted by Gasteiger charge is 2.56. The van der Waals surface area contributed by atoms with Gasteiger partial charge >= 0.3 is 0 Å². The first-order valence-corrected chi connectivity index (χ1v) is 9.50. The smallest absolute Gasteiger partial charge is 0.261 e. The predicted molar refractivity (Wildman–Crippen MR) is 94.4 cm³/mol. The van der Waals surface area contributed by atoms with Gasteiger partial charge in [-0.2, -0.15) is 0 Å². The van der Waals surface area contributed by atoms with Crippen molar-refractivity contribution in [3.05, 3.63) is 22.4 Å². The average Bonchev–Trinajstić information content (AvgIpc) is 3.36. The molecule has 7 nitrogen and oxygen atoms in total. The molecule has 26 heavy (non-hydrogen) atoms. The molecule has 0 aromatic carbocycles. The second kappa shape index (κ2) is 6.74. The van der Waals surface area contributed by atoms with Crippen molar-refractivity contribution < 1.29 is 19.1 Å². The Labute approximate surface area is 155 Å². The first-order chi connectivity index (χ1) is 12.6. The molecule has 0 spiro atoms. The number of fused-ring (bicyclic) bond motifs is 2. The molecule has 1 aromatic heterocycles. The number of nitrogens with zero attached hydrogens (tertiary/aromatic N) is 2. The highest BCUT2D eigenvalue weighted by molar-refractivity contribution is 7.12. The molecule has 8 heteroatoms. The summed E-state index contributed by atoms with van der Waals surface area (Å²) in [5, 5.41) is 4.76. The molecule has 4 unspecified atom stereocenters. The first kappa shape index (κ1) is 17.1. The van der Waals surface area contributed by atoms with Crippen LogP contribution in [0, 0.1) is 12.3 Å². The molecule has 0 radical (unpaired) electrons. The second-order valence-corrected chi connectivity index (χ2v) is 7.59. The van der Waals surface area contributed by atoms with E-state index in [9.17, 15) is 14.4 Å². The maximum Gasteiger partial charge on any atom is 0.261 e. The van der Waals surface area contributed by atoms with Crippen LogP contribution in [-0.4, -0.2) is 71.4 Å². The van der Waals surface area contributed by atoms with Crippen LogP contribution in [0.25, 0.3) is 0 Å². The minimum absolute atomic E-state index is 0.109. The van der Waals surface area contributed by atoms with Gasteiger partial charge in [-0.3, -0.25) is 14.4 Å². The molecule has 3 aliphatic heterocycles. The van der Waals surface area contributed by atoms with E-state index >= 15 is 0 Å². The standard InChI is InChI=1S/C18H19N3O4S/c1-2-9-25-12-6-8-21-15(12)18(24)20-7-5-11(14(20)17(21)23)19-16(22)13-4-3-10-26-13/h1,3-4,10-12,14-15H,5-9H2,(H,19,22). The van der Waals surface area contributed by atoms with Gasteiger partial charge in [0.05, 0.1) is 17.0 Å². The molecule has 4 atom stereocenters. The molecule has 0 aliphatic carbocycles. The molecular weight excluding hydrogens is 354 g/mol. The fraction of sp³-hybridized carbons (Fsp3) is 0.500. The lowest BCUT2D eigenvalue weighted by Crippen LogP contribution is -2.66. The Morgan fingerprint density at radius 3 is 2.73 bits per heavy atom. The van der Waals surface area contributed by atoms with Crippen molar-refractivity contribution in [2.75, 3.05) is 19.7 Å². The number of piperazine rings is 1. The van der Waals surface area contributed by atoms with Crippen LogP contribution in [0.15, 0.2) is 17.5 Å². The lowest BCUT2D eigenvalue weighted by molar-refractivity contribution is -0.161. The summed E-state index contributed by atoms with van der Waals surface area (Å²) < 4.78 is 5.58. The molecule has 3 saturated heterocycles. The van der Waals surface area contributed by atoms with Gasteiger partial charge in [0.15, 0.2) is 0 Å². The molecule has 4 rings (SSSR count). The third-order valence-electron chi connectivity index (χ3n) is 5.25. The van der Waals surface area contributed by atoms with Crippen LogP contribution in [0.1, 0.15) is 22.5 Å². The summed E-state index contributed by atoms with van der Waals surface area (Å²) >= 11 is 1.35. The second-order valence-electron chi connectivity index (χ2n) is 6.64. The fourth-order valence-corrected chi connectivity index (χ4v) is 4.74. The molecule has 0 bridgehead atoms. The Hall–Kier alpha value is -2.37. The Morgan fingerprint density at radius 1 is 1.27 bits per heavy atom. The van der Waals surface area contributed by atoms with Crippen molar-refractivity contribution in [3.8, 4) is 12.3 Å². The van der Waals surface area contributed by atoms with Crippen LogP contribution in [0.4, 0.5) is 0 Å². The van der Waals surface area contributed by atoms with Crippen LogP contribution < -0.4 is 5.32 Å². The van der Waals surface area contributed by atoms with Crippen molar-refractivity contribution in [1.29, 1.82) is 0 Å². The van der Waals surface area contributed by atoms with E-state index in [1.54, 1.807) is 21.9 Å². The van der Waals surface area contributed by atoms with Crippen LogP contribution in [0.2, 0.25) is 0 Å². The Bertz CT molecular complexity index is 772. The van der Waals surface area contributed by atoms with Crippen LogP contribution in [0.3, 0.4) is 0 Å². The van der Waals surface area contributed by atoms with Crippen molar-refractivity contribution >= 4 is 29.1 Å². The number of nitrogens with one attached hydrogen (secondary N) is 1. The number of hydrogen-bond acceptors (Lipinski definition) is 5. The van der Waals surface area contributed by atoms with E-state index < -0.39 is 12.1 Å². The van der Waals surface area contributed by atoms with E-state index in [2.05, 4.69) is 11.2 Å². The van der Waals surface area contributed by atoms with Gasteiger partial charge in [0.1, 0.15) is 18.7 Å². The minimum atomic E-state index is -0.631. The highest BCUT2D eigenvalue weighted by atomic mass is 32.1. The van der Waals surface area contributed by atoms with Gasteiger partial charge in [-0.05, 0) is 24.3 Å². The molecule has 4 heterocycles. The topological polar surface area (TPSA) is 79.0 Å². The van der Waals surface area contributed by atoms with E-state index in [0.717, 1.165) is 0 Å². The number of carbonyl (C=O) groups excluding carboxylic acids is 3. The Balaban J connectivity index is 1.51. The maximum atomic E-state index is 13.0. The van der Waals surface area contributed by atoms with Crippen molar-refractivity contribution in [2.45, 2.75) is 37.1 Å². The number of amides is 3. The van der Waals surface area contributed by atoms with Crippen LogP contribution in [-0.2, 0) is 14.3 Å². The molecule has 3 amide bonds. The first-order valence-electron chi connectivity index (χ1n) is 8.62. The van der Waals surface area contributed by atoms with E-state index in [4.69, 9.17) is 11.2 Å². The number of thiophene rings is 1. The Kier molecular flexibility index (Phi) is 4.42. The van der Waals surface area contributed by atoms with Gasteiger partial charge in [0.25, 0.3) is 5.91 Å². The summed E-state index contributed by atoms with van der Waals surface area (Å²) in [5.41, 5.74) is 0. The summed E-state index contributed by atoms with van der Waals surface area (Å²) in [5.74, 6) is 1.98. The minimum Gasteiger partial charge on any atom is -0.363 e. The van der Waals surface area contributed by atoms with Gasteiger partial charge in [0.2, 0.25) is 11.8 Å². The van der Waals surface area contributed by atoms with Gasteiger partial charge in [-0.25, -0.2) is 0 Å².